The molecule has 1 atom stereocenters. The number of carbonyl (C=O) groups excluding carboxylic acids is 1. The van der Waals surface area contributed by atoms with E-state index in [0.29, 0.717) is 13.0 Å². The highest BCUT2D eigenvalue weighted by atomic mass is 16.1. The van der Waals surface area contributed by atoms with Gasteiger partial charge in [0.05, 0.1) is 11.7 Å². The maximum atomic E-state index is 12.4. The maximum Gasteiger partial charge on any atom is 0.222 e. The van der Waals surface area contributed by atoms with Gasteiger partial charge in [0.1, 0.15) is 5.82 Å². The molecule has 1 amide bonds. The third kappa shape index (κ3) is 3.96. The zero-order valence-corrected chi connectivity index (χ0v) is 14.6. The van der Waals surface area contributed by atoms with Gasteiger partial charge < -0.3 is 9.88 Å². The van der Waals surface area contributed by atoms with Crippen LogP contribution in [0.15, 0.2) is 55.1 Å². The number of nitrogens with zero attached hydrogens (tertiary/aromatic N) is 4. The van der Waals surface area contributed by atoms with Crippen LogP contribution >= 0.6 is 0 Å². The zero-order chi connectivity index (χ0) is 17.6. The van der Waals surface area contributed by atoms with Gasteiger partial charge in [-0.25, -0.2) is 9.67 Å². The van der Waals surface area contributed by atoms with Gasteiger partial charge >= 0.3 is 0 Å². The van der Waals surface area contributed by atoms with Gasteiger partial charge in [-0.2, -0.15) is 5.10 Å². The van der Waals surface area contributed by atoms with E-state index in [1.807, 2.05) is 58.9 Å². The Bertz CT molecular complexity index is 822. The van der Waals surface area contributed by atoms with Gasteiger partial charge in [0, 0.05) is 44.2 Å². The first kappa shape index (κ1) is 17.0. The summed E-state index contributed by atoms with van der Waals surface area (Å²) in [5.41, 5.74) is 2.01. The van der Waals surface area contributed by atoms with E-state index in [9.17, 15) is 4.79 Å². The molecule has 3 aromatic rings. The fourth-order valence-electron chi connectivity index (χ4n) is 2.95. The minimum absolute atomic E-state index is 0.0264. The number of aryl methyl sites for hydroxylation is 2. The first-order valence-electron chi connectivity index (χ1n) is 8.57. The molecule has 0 aliphatic rings. The first-order valence-corrected chi connectivity index (χ1v) is 8.57. The largest absolute Gasteiger partial charge is 0.349 e. The molecule has 0 unspecified atom stereocenters. The van der Waals surface area contributed by atoms with E-state index in [1.54, 1.807) is 12.4 Å². The molecule has 1 N–H and O–H groups in total. The Morgan fingerprint density at radius 3 is 2.80 bits per heavy atom. The fraction of sp³-hybridized carbons (Fsp3) is 0.316. The van der Waals surface area contributed by atoms with E-state index >= 15 is 0 Å². The molecule has 0 radical (unpaired) electrons. The molecule has 6 nitrogen and oxygen atoms in total. The number of hydrogen-bond acceptors (Lipinski definition) is 3. The van der Waals surface area contributed by atoms with Gasteiger partial charge in [0.15, 0.2) is 0 Å². The maximum absolute atomic E-state index is 12.4. The van der Waals surface area contributed by atoms with E-state index in [2.05, 4.69) is 22.3 Å². The predicted octanol–water partition coefficient (Wildman–Crippen LogP) is 2.90. The molecule has 0 aliphatic carbocycles. The van der Waals surface area contributed by atoms with Gasteiger partial charge in [-0.15, -0.1) is 0 Å². The summed E-state index contributed by atoms with van der Waals surface area (Å²) in [6.45, 7) is 4.70. The molecule has 130 valence electrons. The number of benzene rings is 1. The topological polar surface area (TPSA) is 64.7 Å². The monoisotopic (exact) mass is 337 g/mol. The van der Waals surface area contributed by atoms with E-state index in [0.717, 1.165) is 23.5 Å². The Morgan fingerprint density at radius 1 is 1.20 bits per heavy atom. The van der Waals surface area contributed by atoms with E-state index in [-0.39, 0.29) is 11.9 Å². The SMILES string of the molecule is CCc1nccn1CCC(=O)N[C@H](C)c1ccccc1-n1cccn1. The van der Waals surface area contributed by atoms with E-state index < -0.39 is 0 Å². The van der Waals surface area contributed by atoms with Crippen molar-refractivity contribution in [1.82, 2.24) is 24.6 Å². The number of aromatic nitrogens is 4. The van der Waals surface area contributed by atoms with Crippen molar-refractivity contribution in [3.05, 3.63) is 66.5 Å². The fourth-order valence-corrected chi connectivity index (χ4v) is 2.95. The summed E-state index contributed by atoms with van der Waals surface area (Å²) in [6, 6.07) is 9.76. The average Bonchev–Trinajstić information content (AvgIpc) is 3.31. The van der Waals surface area contributed by atoms with Gasteiger partial charge in [-0.3, -0.25) is 4.79 Å². The second-order valence-electron chi connectivity index (χ2n) is 5.94. The van der Waals surface area contributed by atoms with Crippen LogP contribution in [0.5, 0.6) is 0 Å². The minimum atomic E-state index is -0.0960. The highest BCUT2D eigenvalue weighted by molar-refractivity contribution is 5.76. The normalized spacial score (nSPS) is 12.1. The summed E-state index contributed by atoms with van der Waals surface area (Å²) in [5.74, 6) is 1.03. The lowest BCUT2D eigenvalue weighted by molar-refractivity contribution is -0.121. The van der Waals surface area contributed by atoms with Crippen LogP contribution in [0.3, 0.4) is 0 Å². The Morgan fingerprint density at radius 2 is 2.04 bits per heavy atom. The highest BCUT2D eigenvalue weighted by Crippen LogP contribution is 2.21. The van der Waals surface area contributed by atoms with Crippen LogP contribution < -0.4 is 5.32 Å². The first-order chi connectivity index (χ1) is 12.2. The van der Waals surface area contributed by atoms with Crippen molar-refractivity contribution in [1.29, 1.82) is 0 Å². The average molecular weight is 337 g/mol. The van der Waals surface area contributed by atoms with Crippen LogP contribution in [0, 0.1) is 0 Å². The number of hydrogen-bond donors (Lipinski definition) is 1. The zero-order valence-electron chi connectivity index (χ0n) is 14.6. The van der Waals surface area contributed by atoms with Crippen LogP contribution in [0.25, 0.3) is 5.69 Å². The van der Waals surface area contributed by atoms with Crippen molar-refractivity contribution in [2.24, 2.45) is 0 Å². The van der Waals surface area contributed by atoms with Gasteiger partial charge in [-0.05, 0) is 24.6 Å². The lowest BCUT2D eigenvalue weighted by Crippen LogP contribution is -2.28. The lowest BCUT2D eigenvalue weighted by atomic mass is 10.1. The number of carbonyl (C=O) groups is 1. The van der Waals surface area contributed by atoms with Gasteiger partial charge in [0.25, 0.3) is 0 Å². The molecule has 0 spiro atoms. The summed E-state index contributed by atoms with van der Waals surface area (Å²) in [5, 5.41) is 7.38. The molecular weight excluding hydrogens is 314 g/mol. The van der Waals surface area contributed by atoms with Crippen molar-refractivity contribution in [2.75, 3.05) is 0 Å². The van der Waals surface area contributed by atoms with E-state index in [1.165, 1.54) is 0 Å². The molecule has 2 heterocycles. The third-order valence-corrected chi connectivity index (χ3v) is 4.23. The van der Waals surface area contributed by atoms with Crippen LogP contribution in [0.4, 0.5) is 0 Å². The predicted molar refractivity (Wildman–Crippen MR) is 96.3 cm³/mol. The Labute approximate surface area is 147 Å². The summed E-state index contributed by atoms with van der Waals surface area (Å²) in [7, 11) is 0. The van der Waals surface area contributed by atoms with Crippen molar-refractivity contribution in [3.8, 4) is 5.69 Å². The summed E-state index contributed by atoms with van der Waals surface area (Å²) in [6.07, 6.45) is 8.64. The molecule has 0 fully saturated rings. The van der Waals surface area contributed by atoms with Crippen LogP contribution in [-0.2, 0) is 17.8 Å². The Balaban J connectivity index is 1.64. The standard InChI is InChI=1S/C19H23N5O/c1-3-18-20-11-14-23(18)13-9-19(25)22-15(2)16-7-4-5-8-17(16)24-12-6-10-21-24/h4-8,10-12,14-15H,3,9,13H2,1-2H3,(H,22,25)/t15-/m1/s1. The second-order valence-corrected chi connectivity index (χ2v) is 5.94. The molecule has 0 saturated heterocycles. The van der Waals surface area contributed by atoms with Gasteiger partial charge in [0.2, 0.25) is 5.91 Å². The molecule has 25 heavy (non-hydrogen) atoms. The molecule has 0 aliphatic heterocycles. The smallest absolute Gasteiger partial charge is 0.222 e. The van der Waals surface area contributed by atoms with E-state index in [4.69, 9.17) is 0 Å². The molecular formula is C19H23N5O. The summed E-state index contributed by atoms with van der Waals surface area (Å²) in [4.78, 5) is 16.6. The quantitative estimate of drug-likeness (QED) is 0.721. The van der Waals surface area contributed by atoms with Crippen LogP contribution in [0.1, 0.15) is 37.7 Å². The van der Waals surface area contributed by atoms with Crippen molar-refractivity contribution in [2.45, 2.75) is 39.3 Å². The minimum Gasteiger partial charge on any atom is -0.349 e. The van der Waals surface area contributed by atoms with Gasteiger partial charge in [-0.1, -0.05) is 25.1 Å². The molecule has 3 rings (SSSR count). The molecule has 0 bridgehead atoms. The van der Waals surface area contributed by atoms with Crippen LogP contribution in [0.2, 0.25) is 0 Å². The molecule has 1 aromatic carbocycles. The van der Waals surface area contributed by atoms with Crippen molar-refractivity contribution in [3.63, 3.8) is 0 Å². The Hall–Kier alpha value is -2.89. The molecule has 0 saturated carbocycles. The third-order valence-electron chi connectivity index (χ3n) is 4.23. The number of imidazole rings is 1. The van der Waals surface area contributed by atoms with Crippen molar-refractivity contribution >= 4 is 5.91 Å². The lowest BCUT2D eigenvalue weighted by Gasteiger charge is -2.18. The Kier molecular flexibility index (Phi) is 5.28. The second kappa shape index (κ2) is 7.79. The number of nitrogens with one attached hydrogen (secondary N) is 1. The number of amides is 1. The highest BCUT2D eigenvalue weighted by Gasteiger charge is 2.14. The molecule has 6 heteroatoms. The molecule has 2 aromatic heterocycles. The number of rotatable bonds is 7. The number of para-hydroxylation sites is 1. The summed E-state index contributed by atoms with van der Waals surface area (Å²) < 4.78 is 3.85. The van der Waals surface area contributed by atoms with Crippen LogP contribution in [-0.4, -0.2) is 25.2 Å². The van der Waals surface area contributed by atoms with Crippen molar-refractivity contribution < 1.29 is 4.79 Å². The summed E-state index contributed by atoms with van der Waals surface area (Å²) >= 11 is 0.